The molecule has 0 aromatic rings. The van der Waals surface area contributed by atoms with Crippen LogP contribution < -0.4 is 0 Å². The van der Waals surface area contributed by atoms with E-state index >= 15 is 0 Å². The molecule has 1 fully saturated rings. The van der Waals surface area contributed by atoms with Crippen molar-refractivity contribution in [2.45, 2.75) is 81.5 Å². The summed E-state index contributed by atoms with van der Waals surface area (Å²) in [5, 5.41) is 17.5. The van der Waals surface area contributed by atoms with E-state index in [1.54, 1.807) is 20.8 Å². The lowest BCUT2D eigenvalue weighted by atomic mass is 9.91. The molecule has 1 heterocycles. The van der Waals surface area contributed by atoms with Crippen molar-refractivity contribution in [2.24, 2.45) is 0 Å². The highest BCUT2D eigenvalue weighted by Crippen LogP contribution is 2.59. The number of aliphatic hydroxyl groups excluding tert-OH is 1. The second-order valence-electron chi connectivity index (χ2n) is 6.26. The van der Waals surface area contributed by atoms with Gasteiger partial charge >= 0.3 is 7.60 Å². The topological polar surface area (TPSA) is 96.2 Å². The van der Waals surface area contributed by atoms with Gasteiger partial charge in [-0.3, -0.25) is 4.57 Å². The molecule has 1 aliphatic heterocycles. The standard InChI is InChI=1S/C13H25BClO6P/c1-5-12(3,21-22(18,19)13(4,17)6-2)7-8-10(16)9(15)11(14)20-8/h8-11,16-17H,5-7H2,1-4H3,(H,18,19)/t8-,9-,10-,11-,12?,13?/m1/s1. The molecule has 1 rings (SSSR count). The zero-order chi connectivity index (χ0) is 17.3. The van der Waals surface area contributed by atoms with E-state index in [0.29, 0.717) is 6.42 Å². The van der Waals surface area contributed by atoms with Crippen molar-refractivity contribution < 1.29 is 28.9 Å². The summed E-state index contributed by atoms with van der Waals surface area (Å²) in [5.74, 6) is 0. The third-order valence-electron chi connectivity index (χ3n) is 4.36. The maximum absolute atomic E-state index is 12.4. The smallest absolute Gasteiger partial charge is 0.359 e. The third kappa shape index (κ3) is 4.26. The maximum atomic E-state index is 12.4. The molecule has 0 aliphatic carbocycles. The zero-order valence-corrected chi connectivity index (χ0v) is 15.0. The average Bonchev–Trinajstić information content (AvgIpc) is 2.65. The van der Waals surface area contributed by atoms with Crippen LogP contribution in [0.4, 0.5) is 0 Å². The first-order valence-corrected chi connectivity index (χ1v) is 9.39. The van der Waals surface area contributed by atoms with Crippen molar-refractivity contribution in [3.8, 4) is 0 Å². The summed E-state index contributed by atoms with van der Waals surface area (Å²) in [7, 11) is 1.35. The van der Waals surface area contributed by atoms with Gasteiger partial charge in [0.25, 0.3) is 0 Å². The number of alkyl halides is 1. The Balaban J connectivity index is 2.87. The molecule has 3 unspecified atom stereocenters. The molecule has 0 bridgehead atoms. The predicted molar refractivity (Wildman–Crippen MR) is 85.2 cm³/mol. The first kappa shape index (κ1) is 20.4. The Bertz CT molecular complexity index is 437. The molecule has 6 nitrogen and oxygen atoms in total. The molecule has 3 N–H and O–H groups in total. The third-order valence-corrected chi connectivity index (χ3v) is 7.08. The highest BCUT2D eigenvalue weighted by Gasteiger charge is 2.49. The van der Waals surface area contributed by atoms with Crippen molar-refractivity contribution >= 4 is 27.0 Å². The van der Waals surface area contributed by atoms with Gasteiger partial charge in [0.15, 0.2) is 5.34 Å². The van der Waals surface area contributed by atoms with Gasteiger partial charge in [-0.15, -0.1) is 11.6 Å². The summed E-state index contributed by atoms with van der Waals surface area (Å²) in [4.78, 5) is 10.1. The molecule has 22 heavy (non-hydrogen) atoms. The molecule has 0 aromatic heterocycles. The lowest BCUT2D eigenvalue weighted by molar-refractivity contribution is -0.0425. The van der Waals surface area contributed by atoms with Crippen LogP contribution in [0.25, 0.3) is 0 Å². The van der Waals surface area contributed by atoms with Gasteiger partial charge in [-0.05, 0) is 26.7 Å². The van der Waals surface area contributed by atoms with E-state index < -0.39 is 42.1 Å². The first-order chi connectivity index (χ1) is 9.89. The molecule has 1 saturated heterocycles. The average molecular weight is 355 g/mol. The molecule has 0 spiro atoms. The van der Waals surface area contributed by atoms with Gasteiger partial charge in [0.05, 0.1) is 23.2 Å². The summed E-state index contributed by atoms with van der Waals surface area (Å²) in [6.07, 6.45) is -1.11. The SMILES string of the molecule is [B][C@@H]1O[C@H](CC(C)(CC)OP(=O)(O)C(C)(O)CC)[C@@H](O)[C@H]1Cl. The summed E-state index contributed by atoms with van der Waals surface area (Å²) in [5.41, 5.74) is -1.07. The van der Waals surface area contributed by atoms with Crippen molar-refractivity contribution in [1.29, 1.82) is 0 Å². The van der Waals surface area contributed by atoms with E-state index in [0.717, 1.165) is 0 Å². The molecule has 128 valence electrons. The van der Waals surface area contributed by atoms with Crippen molar-refractivity contribution in [2.75, 3.05) is 0 Å². The van der Waals surface area contributed by atoms with E-state index in [1.165, 1.54) is 6.92 Å². The molecule has 0 amide bonds. The lowest BCUT2D eigenvalue weighted by Crippen LogP contribution is -2.39. The maximum Gasteiger partial charge on any atom is 0.359 e. The first-order valence-electron chi connectivity index (χ1n) is 7.38. The highest BCUT2D eigenvalue weighted by molar-refractivity contribution is 7.54. The van der Waals surface area contributed by atoms with Gasteiger partial charge in [-0.1, -0.05) is 13.8 Å². The Labute approximate surface area is 138 Å². The highest BCUT2D eigenvalue weighted by atomic mass is 35.5. The number of aliphatic hydroxyl groups is 2. The molecule has 0 aromatic carbocycles. The van der Waals surface area contributed by atoms with Crippen molar-refractivity contribution in [3.05, 3.63) is 0 Å². The number of hydrogen-bond acceptors (Lipinski definition) is 5. The zero-order valence-electron chi connectivity index (χ0n) is 13.4. The summed E-state index contributed by atoms with van der Waals surface area (Å²) < 4.78 is 23.1. The fourth-order valence-electron chi connectivity index (χ4n) is 2.19. The summed E-state index contributed by atoms with van der Waals surface area (Å²) in [6, 6.07) is -0.803. The fraction of sp³-hybridized carbons (Fsp3) is 1.00. The van der Waals surface area contributed by atoms with Gasteiger partial charge < -0.3 is 24.4 Å². The van der Waals surface area contributed by atoms with E-state index in [4.69, 9.17) is 28.7 Å². The largest absolute Gasteiger partial charge is 0.389 e. The molecule has 2 radical (unpaired) electrons. The minimum Gasteiger partial charge on any atom is -0.389 e. The van der Waals surface area contributed by atoms with Crippen LogP contribution in [0.15, 0.2) is 0 Å². The number of rotatable bonds is 7. The van der Waals surface area contributed by atoms with Crippen LogP contribution in [0.5, 0.6) is 0 Å². The normalized spacial score (nSPS) is 37.3. The Hall–Kier alpha value is 0.385. The monoisotopic (exact) mass is 354 g/mol. The van der Waals surface area contributed by atoms with E-state index in [-0.39, 0.29) is 12.8 Å². The van der Waals surface area contributed by atoms with Crippen LogP contribution in [0, 0.1) is 0 Å². The molecule has 1 aliphatic rings. The Kier molecular flexibility index (Phi) is 6.59. The second kappa shape index (κ2) is 7.10. The van der Waals surface area contributed by atoms with E-state index in [9.17, 15) is 19.7 Å². The van der Waals surface area contributed by atoms with E-state index in [2.05, 4.69) is 0 Å². The lowest BCUT2D eigenvalue weighted by Gasteiger charge is -2.37. The molecule has 0 saturated carbocycles. The molecule has 9 heteroatoms. The van der Waals surface area contributed by atoms with Gasteiger partial charge in [0.1, 0.15) is 7.85 Å². The Morgan fingerprint density at radius 3 is 2.27 bits per heavy atom. The van der Waals surface area contributed by atoms with Crippen LogP contribution in [0.3, 0.4) is 0 Å². The van der Waals surface area contributed by atoms with Gasteiger partial charge in [0.2, 0.25) is 0 Å². The van der Waals surface area contributed by atoms with Gasteiger partial charge in [-0.25, -0.2) is 0 Å². The molecular weight excluding hydrogens is 329 g/mol. The minimum absolute atomic E-state index is 0.0672. The van der Waals surface area contributed by atoms with Crippen molar-refractivity contribution in [3.63, 3.8) is 0 Å². The van der Waals surface area contributed by atoms with Gasteiger partial charge in [-0.2, -0.15) is 0 Å². The number of halogens is 1. The van der Waals surface area contributed by atoms with E-state index in [1.807, 2.05) is 0 Å². The fourth-order valence-corrected chi connectivity index (χ4v) is 3.81. The van der Waals surface area contributed by atoms with Crippen LogP contribution in [0.1, 0.15) is 47.0 Å². The van der Waals surface area contributed by atoms with Gasteiger partial charge in [0, 0.05) is 12.4 Å². The number of ether oxygens (including phenoxy) is 1. The second-order valence-corrected chi connectivity index (χ2v) is 8.95. The summed E-state index contributed by atoms with van der Waals surface area (Å²) in [6.45, 7) is 6.26. The van der Waals surface area contributed by atoms with Crippen LogP contribution in [0.2, 0.25) is 0 Å². The van der Waals surface area contributed by atoms with Crippen LogP contribution >= 0.6 is 19.2 Å². The van der Waals surface area contributed by atoms with Crippen LogP contribution in [-0.2, 0) is 13.8 Å². The minimum atomic E-state index is -4.29. The molecular formula is C13H25BClO6P. The Morgan fingerprint density at radius 1 is 1.36 bits per heavy atom. The van der Waals surface area contributed by atoms with Crippen molar-refractivity contribution in [1.82, 2.24) is 0 Å². The number of hydrogen-bond donors (Lipinski definition) is 3. The molecule has 7 atom stereocenters. The predicted octanol–water partition coefficient (Wildman–Crippen LogP) is 1.73. The Morgan fingerprint density at radius 2 is 1.91 bits per heavy atom. The quantitative estimate of drug-likeness (QED) is 0.366. The van der Waals surface area contributed by atoms with Crippen LogP contribution in [-0.4, -0.2) is 57.5 Å². The summed E-state index contributed by atoms with van der Waals surface area (Å²) >= 11 is 5.92.